The average Bonchev–Trinajstić information content (AvgIpc) is 2.69. The second-order valence-electron chi connectivity index (χ2n) is 6.39. The fourth-order valence-electron chi connectivity index (χ4n) is 2.82. The summed E-state index contributed by atoms with van der Waals surface area (Å²) in [4.78, 5) is 35.0. The Morgan fingerprint density at radius 1 is 1.07 bits per heavy atom. The number of carbonyl (C=O) groups is 2. The number of carbonyl (C=O) groups excluding carboxylic acids is 1. The van der Waals surface area contributed by atoms with Gasteiger partial charge in [-0.15, -0.1) is 0 Å². The first-order valence-corrected chi connectivity index (χ1v) is 8.84. The molecule has 0 radical (unpaired) electrons. The molecule has 0 amide bonds. The summed E-state index contributed by atoms with van der Waals surface area (Å²) in [6.07, 6.45) is -1.13. The maximum atomic E-state index is 12.3. The number of Topliss-reactive ketones (excluding diaryl/α,β-unsaturated/α-hetero) is 1. The zero-order valence-electron chi connectivity index (χ0n) is 15.8. The molecule has 9 heteroatoms. The predicted octanol–water partition coefficient (Wildman–Crippen LogP) is 2.22. The number of phenolic OH excluding ortho intramolecular Hbond substituents is 1. The van der Waals surface area contributed by atoms with Crippen LogP contribution in [0.15, 0.2) is 51.7 Å². The topological polar surface area (TPSA) is 144 Å². The lowest BCUT2D eigenvalue weighted by atomic mass is 10.1. The Hall–Kier alpha value is -3.85. The van der Waals surface area contributed by atoms with E-state index in [2.05, 4.69) is 0 Å². The molecule has 30 heavy (non-hydrogen) atoms. The van der Waals surface area contributed by atoms with Crippen LogP contribution >= 0.6 is 0 Å². The lowest BCUT2D eigenvalue weighted by Gasteiger charge is -2.16. The number of fused-ring (bicyclic) bond motifs is 1. The van der Waals surface area contributed by atoms with Crippen LogP contribution in [-0.2, 0) is 0 Å². The minimum absolute atomic E-state index is 0.00603. The summed E-state index contributed by atoms with van der Waals surface area (Å²) >= 11 is 0. The molecule has 0 saturated heterocycles. The van der Waals surface area contributed by atoms with Gasteiger partial charge in [0.1, 0.15) is 53.1 Å². The van der Waals surface area contributed by atoms with Crippen molar-refractivity contribution >= 4 is 22.7 Å². The summed E-state index contributed by atoms with van der Waals surface area (Å²) < 4.78 is 16.1. The number of aliphatic hydroxyl groups is 1. The molecule has 0 aliphatic rings. The number of ketones is 1. The van der Waals surface area contributed by atoms with E-state index in [-0.39, 0.29) is 47.0 Å². The number of carboxylic acids is 1. The van der Waals surface area contributed by atoms with E-state index in [9.17, 15) is 24.6 Å². The van der Waals surface area contributed by atoms with Crippen LogP contribution in [-0.4, -0.2) is 46.4 Å². The number of benzene rings is 2. The van der Waals surface area contributed by atoms with Crippen LogP contribution in [0, 0.1) is 0 Å². The molecule has 3 rings (SSSR count). The molecule has 2 aromatic carbocycles. The normalized spacial score (nSPS) is 11.8. The second kappa shape index (κ2) is 8.66. The molecule has 0 fully saturated rings. The highest BCUT2D eigenvalue weighted by Crippen LogP contribution is 2.28. The van der Waals surface area contributed by atoms with Crippen molar-refractivity contribution < 1.29 is 38.8 Å². The highest BCUT2D eigenvalue weighted by molar-refractivity contribution is 5.99. The van der Waals surface area contributed by atoms with Crippen LogP contribution in [0.3, 0.4) is 0 Å². The molecule has 1 aromatic heterocycles. The highest BCUT2D eigenvalue weighted by atomic mass is 16.5. The van der Waals surface area contributed by atoms with Crippen LogP contribution in [0.1, 0.15) is 27.8 Å². The number of hydrogen-bond acceptors (Lipinski definition) is 8. The Morgan fingerprint density at radius 3 is 2.37 bits per heavy atom. The van der Waals surface area contributed by atoms with E-state index in [1.807, 2.05) is 0 Å². The van der Waals surface area contributed by atoms with Gasteiger partial charge in [0.25, 0.3) is 0 Å². The van der Waals surface area contributed by atoms with Crippen LogP contribution < -0.4 is 14.9 Å². The number of ether oxygens (including phenoxy) is 2. The quantitative estimate of drug-likeness (QED) is 0.473. The van der Waals surface area contributed by atoms with Crippen molar-refractivity contribution in [1.29, 1.82) is 0 Å². The van der Waals surface area contributed by atoms with Gasteiger partial charge < -0.3 is 29.2 Å². The third kappa shape index (κ3) is 4.41. The van der Waals surface area contributed by atoms with Crippen molar-refractivity contribution in [3.8, 4) is 17.2 Å². The van der Waals surface area contributed by atoms with Gasteiger partial charge >= 0.3 is 5.97 Å². The predicted molar refractivity (Wildman–Crippen MR) is 105 cm³/mol. The van der Waals surface area contributed by atoms with Crippen molar-refractivity contribution in [2.75, 3.05) is 13.2 Å². The Morgan fingerprint density at radius 2 is 1.70 bits per heavy atom. The fraction of sp³-hybridized carbons (Fsp3) is 0.190. The Labute approximate surface area is 169 Å². The van der Waals surface area contributed by atoms with Crippen LogP contribution in [0.25, 0.3) is 11.0 Å². The molecule has 0 spiro atoms. The van der Waals surface area contributed by atoms with Crippen molar-refractivity contribution in [3.63, 3.8) is 0 Å². The van der Waals surface area contributed by atoms with Crippen molar-refractivity contribution in [2.45, 2.75) is 13.0 Å². The van der Waals surface area contributed by atoms with E-state index in [1.165, 1.54) is 43.3 Å². The summed E-state index contributed by atoms with van der Waals surface area (Å²) in [6.45, 7) is 0.781. The van der Waals surface area contributed by atoms with Crippen molar-refractivity contribution in [3.05, 3.63) is 64.0 Å². The van der Waals surface area contributed by atoms with Crippen LogP contribution in [0.5, 0.6) is 17.2 Å². The summed E-state index contributed by atoms with van der Waals surface area (Å²) in [5.74, 6) is -2.26. The largest absolute Gasteiger partial charge is 0.507 e. The van der Waals surface area contributed by atoms with Gasteiger partial charge in [0.2, 0.25) is 5.76 Å². The van der Waals surface area contributed by atoms with E-state index in [0.29, 0.717) is 0 Å². The fourth-order valence-corrected chi connectivity index (χ4v) is 2.82. The molecular weight excluding hydrogens is 396 g/mol. The maximum absolute atomic E-state index is 12.3. The Kier molecular flexibility index (Phi) is 6.03. The number of carboxylic acid groups (broad SMARTS) is 1. The number of aromatic carboxylic acids is 1. The van der Waals surface area contributed by atoms with Gasteiger partial charge in [-0.1, -0.05) is 12.1 Å². The van der Waals surface area contributed by atoms with Crippen LogP contribution in [0.4, 0.5) is 0 Å². The van der Waals surface area contributed by atoms with Gasteiger partial charge in [0.05, 0.1) is 0 Å². The SMILES string of the molecule is CC(=O)c1c(O)cccc1OCC(O)COc1cccc2oc(C(=O)O)cc(=O)c12. The number of phenols is 1. The minimum Gasteiger partial charge on any atom is -0.507 e. The first kappa shape index (κ1) is 20.9. The lowest BCUT2D eigenvalue weighted by molar-refractivity contribution is 0.0624. The third-order valence-electron chi connectivity index (χ3n) is 4.15. The van der Waals surface area contributed by atoms with Crippen molar-refractivity contribution in [2.24, 2.45) is 0 Å². The van der Waals surface area contributed by atoms with E-state index < -0.39 is 29.0 Å². The highest BCUT2D eigenvalue weighted by Gasteiger charge is 2.17. The Balaban J connectivity index is 1.71. The smallest absolute Gasteiger partial charge is 0.371 e. The second-order valence-corrected chi connectivity index (χ2v) is 6.39. The van der Waals surface area contributed by atoms with Gasteiger partial charge in [-0.05, 0) is 31.2 Å². The zero-order chi connectivity index (χ0) is 21.8. The van der Waals surface area contributed by atoms with Gasteiger partial charge in [-0.25, -0.2) is 4.79 Å². The molecule has 0 bridgehead atoms. The van der Waals surface area contributed by atoms with Crippen LogP contribution in [0.2, 0.25) is 0 Å². The lowest BCUT2D eigenvalue weighted by Crippen LogP contribution is -2.25. The molecule has 3 aromatic rings. The molecule has 0 saturated carbocycles. The molecule has 1 unspecified atom stereocenters. The van der Waals surface area contributed by atoms with Gasteiger partial charge in [-0.3, -0.25) is 9.59 Å². The van der Waals surface area contributed by atoms with Gasteiger partial charge in [0, 0.05) is 6.07 Å². The Bertz CT molecular complexity index is 1160. The number of aromatic hydroxyl groups is 1. The monoisotopic (exact) mass is 414 g/mol. The van der Waals surface area contributed by atoms with Gasteiger partial charge in [0.15, 0.2) is 11.2 Å². The summed E-state index contributed by atoms with van der Waals surface area (Å²) in [5, 5.41) is 29.0. The molecule has 3 N–H and O–H groups in total. The molecule has 1 heterocycles. The average molecular weight is 414 g/mol. The van der Waals surface area contributed by atoms with E-state index >= 15 is 0 Å². The summed E-state index contributed by atoms with van der Waals surface area (Å²) in [7, 11) is 0. The van der Waals surface area contributed by atoms with Crippen molar-refractivity contribution in [1.82, 2.24) is 0 Å². The molecule has 0 aliphatic heterocycles. The summed E-state index contributed by atoms with van der Waals surface area (Å²) in [5.41, 5.74) is -0.554. The third-order valence-corrected chi connectivity index (χ3v) is 4.15. The molecule has 0 aliphatic carbocycles. The minimum atomic E-state index is -1.37. The molecule has 9 nitrogen and oxygen atoms in total. The molecule has 1 atom stereocenters. The van der Waals surface area contributed by atoms with E-state index in [1.54, 1.807) is 0 Å². The number of aliphatic hydroxyl groups excluding tert-OH is 1. The summed E-state index contributed by atoms with van der Waals surface area (Å²) in [6, 6.07) is 9.62. The number of hydrogen-bond donors (Lipinski definition) is 3. The first-order valence-electron chi connectivity index (χ1n) is 8.84. The maximum Gasteiger partial charge on any atom is 0.371 e. The van der Waals surface area contributed by atoms with Gasteiger partial charge in [-0.2, -0.15) is 0 Å². The van der Waals surface area contributed by atoms with E-state index in [0.717, 1.165) is 6.07 Å². The van der Waals surface area contributed by atoms with E-state index in [4.69, 9.17) is 19.0 Å². The molecular formula is C21H18O9. The standard InChI is InChI=1S/C21H18O9/c1-11(22)19-13(24)4-2-5-15(19)28-9-12(23)10-29-16-6-3-7-17-20(16)14(25)8-18(30-17)21(26)27/h2-8,12,23-24H,9-10H2,1H3,(H,26,27). The first-order chi connectivity index (χ1) is 14.3. The molecule has 156 valence electrons. The number of rotatable bonds is 8. The zero-order valence-corrected chi connectivity index (χ0v) is 15.8.